The van der Waals surface area contributed by atoms with Gasteiger partial charge in [0.2, 0.25) is 0 Å². The Morgan fingerprint density at radius 1 is 1.44 bits per heavy atom. The summed E-state index contributed by atoms with van der Waals surface area (Å²) in [5, 5.41) is 6.02. The first-order valence-corrected chi connectivity index (χ1v) is 5.29. The summed E-state index contributed by atoms with van der Waals surface area (Å²) in [7, 11) is 3.78. The highest BCUT2D eigenvalue weighted by Crippen LogP contribution is 2.25. The Hall–Kier alpha value is -1.65. The molecule has 0 aromatic carbocycles. The quantitative estimate of drug-likeness (QED) is 0.615. The molecule has 1 unspecified atom stereocenters. The van der Waals surface area contributed by atoms with Gasteiger partial charge >= 0.3 is 0 Å². The summed E-state index contributed by atoms with van der Waals surface area (Å²) < 4.78 is 0. The predicted molar refractivity (Wildman–Crippen MR) is 66.2 cm³/mol. The Kier molecular flexibility index (Phi) is 4.22. The van der Waals surface area contributed by atoms with Crippen molar-refractivity contribution in [2.75, 3.05) is 19.8 Å². The zero-order chi connectivity index (χ0) is 12.1. The second kappa shape index (κ2) is 5.44. The van der Waals surface area contributed by atoms with Crippen LogP contribution in [0.4, 0.5) is 5.82 Å². The summed E-state index contributed by atoms with van der Waals surface area (Å²) >= 11 is 0. The fourth-order valence-electron chi connectivity index (χ4n) is 1.42. The number of aromatic nitrogens is 2. The predicted octanol–water partition coefficient (Wildman–Crippen LogP) is 1.35. The first kappa shape index (κ1) is 12.4. The van der Waals surface area contributed by atoms with E-state index in [4.69, 9.17) is 5.73 Å². The fraction of sp³-hybridized carbons (Fsp3) is 0.545. The lowest BCUT2D eigenvalue weighted by molar-refractivity contribution is 0.435. The number of nitrogens with two attached hydrogens (primary N) is 1. The van der Waals surface area contributed by atoms with Gasteiger partial charge in [-0.1, -0.05) is 13.8 Å². The highest BCUT2D eigenvalue weighted by atomic mass is 15.4. The fourth-order valence-corrected chi connectivity index (χ4v) is 1.42. The van der Waals surface area contributed by atoms with E-state index in [1.54, 1.807) is 11.2 Å². The Morgan fingerprint density at radius 2 is 2.12 bits per heavy atom. The van der Waals surface area contributed by atoms with E-state index in [2.05, 4.69) is 28.9 Å². The van der Waals surface area contributed by atoms with Crippen molar-refractivity contribution in [1.82, 2.24) is 15.0 Å². The van der Waals surface area contributed by atoms with Crippen LogP contribution in [0.2, 0.25) is 0 Å². The summed E-state index contributed by atoms with van der Waals surface area (Å²) in [5.74, 6) is 1.07. The highest BCUT2D eigenvalue weighted by Gasteiger charge is 2.17. The maximum atomic E-state index is 5.84. The van der Waals surface area contributed by atoms with Gasteiger partial charge in [0.25, 0.3) is 0 Å². The largest absolute Gasteiger partial charge is 0.383 e. The molecule has 1 atom stereocenters. The lowest BCUT2D eigenvalue weighted by Gasteiger charge is -2.18. The molecule has 0 spiro atoms. The van der Waals surface area contributed by atoms with Gasteiger partial charge in [-0.05, 0) is 5.92 Å². The maximum Gasteiger partial charge on any atom is 0.130 e. The number of hydrogen-bond donors (Lipinski definition) is 1. The second-order valence-electron chi connectivity index (χ2n) is 4.24. The van der Waals surface area contributed by atoms with E-state index in [9.17, 15) is 0 Å². The van der Waals surface area contributed by atoms with Crippen LogP contribution >= 0.6 is 0 Å². The molecule has 1 aromatic heterocycles. The van der Waals surface area contributed by atoms with Crippen LogP contribution in [-0.4, -0.2) is 35.3 Å². The van der Waals surface area contributed by atoms with Crippen molar-refractivity contribution in [3.8, 4) is 0 Å². The van der Waals surface area contributed by atoms with Gasteiger partial charge in [-0.3, -0.25) is 0 Å². The average Bonchev–Trinajstić information content (AvgIpc) is 2.20. The Bertz CT molecular complexity index is 359. The lowest BCUT2D eigenvalue weighted by Crippen LogP contribution is -2.14. The molecule has 16 heavy (non-hydrogen) atoms. The summed E-state index contributed by atoms with van der Waals surface area (Å²) in [6, 6.07) is 0. The van der Waals surface area contributed by atoms with Gasteiger partial charge in [-0.25, -0.2) is 9.97 Å². The van der Waals surface area contributed by atoms with Crippen molar-refractivity contribution in [1.29, 1.82) is 0 Å². The minimum Gasteiger partial charge on any atom is -0.383 e. The molecule has 88 valence electrons. The molecule has 0 radical (unpaired) electrons. The Labute approximate surface area is 96.4 Å². The van der Waals surface area contributed by atoms with Gasteiger partial charge in [-0.2, -0.15) is 5.10 Å². The lowest BCUT2D eigenvalue weighted by atomic mass is 9.91. The normalized spacial score (nSPS) is 13.3. The van der Waals surface area contributed by atoms with Crippen LogP contribution in [0.25, 0.3) is 0 Å². The third-order valence-electron chi connectivity index (χ3n) is 2.31. The summed E-state index contributed by atoms with van der Waals surface area (Å²) in [5.41, 5.74) is 6.77. The minimum absolute atomic E-state index is 0.142. The number of rotatable bonds is 4. The minimum atomic E-state index is 0.142. The number of anilines is 1. The molecule has 0 fully saturated rings. The van der Waals surface area contributed by atoms with Gasteiger partial charge in [0, 0.05) is 38.0 Å². The van der Waals surface area contributed by atoms with Gasteiger partial charge in [0.05, 0.1) is 0 Å². The first-order valence-electron chi connectivity index (χ1n) is 5.29. The first-order chi connectivity index (χ1) is 7.52. The molecule has 0 aliphatic heterocycles. The van der Waals surface area contributed by atoms with Gasteiger partial charge in [-0.15, -0.1) is 0 Å². The SMILES string of the molecule is CC(C)C(/C=N/N(C)C)c1cncnc1N. The summed E-state index contributed by atoms with van der Waals surface area (Å²) in [6.07, 6.45) is 5.10. The van der Waals surface area contributed by atoms with Crippen molar-refractivity contribution < 1.29 is 0 Å². The number of hydrogen-bond acceptors (Lipinski definition) is 5. The van der Waals surface area contributed by atoms with Gasteiger partial charge in [0.1, 0.15) is 12.1 Å². The zero-order valence-electron chi connectivity index (χ0n) is 10.3. The van der Waals surface area contributed by atoms with E-state index >= 15 is 0 Å². The van der Waals surface area contributed by atoms with Crippen molar-refractivity contribution in [3.63, 3.8) is 0 Å². The third-order valence-corrected chi connectivity index (χ3v) is 2.31. The molecule has 0 aliphatic carbocycles. The van der Waals surface area contributed by atoms with Crippen LogP contribution < -0.4 is 5.73 Å². The van der Waals surface area contributed by atoms with Crippen LogP contribution in [0, 0.1) is 5.92 Å². The average molecular weight is 221 g/mol. The molecule has 1 aromatic rings. The maximum absolute atomic E-state index is 5.84. The molecule has 1 rings (SSSR count). The highest BCUT2D eigenvalue weighted by molar-refractivity contribution is 5.70. The molecule has 0 amide bonds. The number of nitrogens with zero attached hydrogens (tertiary/aromatic N) is 4. The molecule has 0 saturated heterocycles. The van der Waals surface area contributed by atoms with Crippen molar-refractivity contribution in [2.24, 2.45) is 11.0 Å². The van der Waals surface area contributed by atoms with E-state index in [1.807, 2.05) is 20.3 Å². The van der Waals surface area contributed by atoms with Crippen LogP contribution in [-0.2, 0) is 0 Å². The Balaban J connectivity index is 2.99. The van der Waals surface area contributed by atoms with E-state index < -0.39 is 0 Å². The van der Waals surface area contributed by atoms with E-state index in [0.29, 0.717) is 11.7 Å². The number of nitrogen functional groups attached to an aromatic ring is 1. The molecule has 0 aliphatic rings. The zero-order valence-corrected chi connectivity index (χ0v) is 10.3. The van der Waals surface area contributed by atoms with Gasteiger partial charge < -0.3 is 10.7 Å². The van der Waals surface area contributed by atoms with Crippen LogP contribution in [0.3, 0.4) is 0 Å². The monoisotopic (exact) mass is 221 g/mol. The van der Waals surface area contributed by atoms with Gasteiger partial charge in [0.15, 0.2) is 0 Å². The van der Waals surface area contributed by atoms with Crippen LogP contribution in [0.15, 0.2) is 17.6 Å². The second-order valence-corrected chi connectivity index (χ2v) is 4.24. The third kappa shape index (κ3) is 3.18. The summed E-state index contributed by atoms with van der Waals surface area (Å²) in [6.45, 7) is 4.25. The van der Waals surface area contributed by atoms with Crippen molar-refractivity contribution in [3.05, 3.63) is 18.1 Å². The standard InChI is InChI=1S/C11H19N5/c1-8(2)9(6-15-16(3)4)10-5-13-7-14-11(10)12/h5-9H,1-4H3,(H2,12,13,14)/b15-6+. The smallest absolute Gasteiger partial charge is 0.130 e. The molecule has 5 nitrogen and oxygen atoms in total. The van der Waals surface area contributed by atoms with E-state index in [1.165, 1.54) is 6.33 Å². The molecule has 5 heteroatoms. The summed E-state index contributed by atoms with van der Waals surface area (Å²) in [4.78, 5) is 8.01. The molecule has 0 saturated carbocycles. The van der Waals surface area contributed by atoms with Crippen LogP contribution in [0.1, 0.15) is 25.3 Å². The molecular formula is C11H19N5. The topological polar surface area (TPSA) is 67.4 Å². The Morgan fingerprint density at radius 3 is 2.62 bits per heavy atom. The molecule has 1 heterocycles. The van der Waals surface area contributed by atoms with E-state index in [0.717, 1.165) is 5.56 Å². The molecular weight excluding hydrogens is 202 g/mol. The molecule has 2 N–H and O–H groups in total. The van der Waals surface area contributed by atoms with Crippen molar-refractivity contribution >= 4 is 12.0 Å². The molecule has 0 bridgehead atoms. The van der Waals surface area contributed by atoms with Crippen molar-refractivity contribution in [2.45, 2.75) is 19.8 Å². The van der Waals surface area contributed by atoms with Crippen LogP contribution in [0.5, 0.6) is 0 Å². The van der Waals surface area contributed by atoms with E-state index in [-0.39, 0.29) is 5.92 Å². The number of hydrazone groups is 1.